The summed E-state index contributed by atoms with van der Waals surface area (Å²) >= 11 is 5.97. The molecule has 0 heterocycles. The highest BCUT2D eigenvalue weighted by atomic mass is 35.5. The van der Waals surface area contributed by atoms with Gasteiger partial charge in [-0.1, -0.05) is 41.9 Å². The maximum Gasteiger partial charge on any atom is 0.261 e. The van der Waals surface area contributed by atoms with Gasteiger partial charge in [0.05, 0.1) is 6.10 Å². The van der Waals surface area contributed by atoms with Crippen LogP contribution in [-0.4, -0.2) is 48.6 Å². The Morgan fingerprint density at radius 1 is 1.03 bits per heavy atom. The molecule has 2 rings (SSSR count). The molecule has 0 aliphatic heterocycles. The molecule has 31 heavy (non-hydrogen) atoms. The minimum Gasteiger partial charge on any atom is -0.484 e. The first-order valence-corrected chi connectivity index (χ1v) is 10.9. The van der Waals surface area contributed by atoms with Gasteiger partial charge < -0.3 is 19.7 Å². The number of halogens is 1. The van der Waals surface area contributed by atoms with Crippen molar-refractivity contribution in [1.29, 1.82) is 0 Å². The molecule has 0 aliphatic rings. The summed E-state index contributed by atoms with van der Waals surface area (Å²) in [6.45, 7) is 6.84. The van der Waals surface area contributed by atoms with Gasteiger partial charge in [0.1, 0.15) is 11.8 Å². The third kappa shape index (κ3) is 8.99. The van der Waals surface area contributed by atoms with E-state index < -0.39 is 6.04 Å². The maximum absolute atomic E-state index is 13.0. The summed E-state index contributed by atoms with van der Waals surface area (Å²) in [6, 6.07) is 15.7. The molecular formula is C24H31ClN2O4. The van der Waals surface area contributed by atoms with Crippen LogP contribution in [0.25, 0.3) is 0 Å². The van der Waals surface area contributed by atoms with E-state index in [2.05, 4.69) is 5.32 Å². The van der Waals surface area contributed by atoms with Crippen molar-refractivity contribution < 1.29 is 19.1 Å². The van der Waals surface area contributed by atoms with E-state index in [4.69, 9.17) is 21.1 Å². The van der Waals surface area contributed by atoms with Gasteiger partial charge in [-0.25, -0.2) is 0 Å². The van der Waals surface area contributed by atoms with Crippen LogP contribution >= 0.6 is 11.6 Å². The van der Waals surface area contributed by atoms with Crippen LogP contribution in [0.4, 0.5) is 0 Å². The molecule has 0 aromatic heterocycles. The topological polar surface area (TPSA) is 67.9 Å². The van der Waals surface area contributed by atoms with Gasteiger partial charge in [-0.05, 0) is 57.0 Å². The van der Waals surface area contributed by atoms with Crippen LogP contribution in [-0.2, 0) is 20.9 Å². The first-order chi connectivity index (χ1) is 14.9. The quantitative estimate of drug-likeness (QED) is 0.499. The van der Waals surface area contributed by atoms with E-state index in [1.54, 1.807) is 31.2 Å². The Morgan fingerprint density at radius 3 is 2.35 bits per heavy atom. The van der Waals surface area contributed by atoms with Gasteiger partial charge >= 0.3 is 0 Å². The average molecular weight is 447 g/mol. The molecule has 1 N–H and O–H groups in total. The summed E-state index contributed by atoms with van der Waals surface area (Å²) < 4.78 is 11.1. The fraction of sp³-hybridized carbons (Fsp3) is 0.417. The minimum atomic E-state index is -0.659. The summed E-state index contributed by atoms with van der Waals surface area (Å²) in [5.41, 5.74) is 0.877. The second kappa shape index (κ2) is 13.0. The molecule has 0 spiro atoms. The molecule has 2 aromatic carbocycles. The summed E-state index contributed by atoms with van der Waals surface area (Å²) in [4.78, 5) is 27.2. The lowest BCUT2D eigenvalue weighted by Gasteiger charge is -2.28. The zero-order valence-corrected chi connectivity index (χ0v) is 19.1. The van der Waals surface area contributed by atoms with Crippen molar-refractivity contribution in [3.8, 4) is 5.75 Å². The number of ether oxygens (including phenoxy) is 2. The average Bonchev–Trinajstić information content (AvgIpc) is 2.76. The first-order valence-electron chi connectivity index (χ1n) is 10.5. The lowest BCUT2D eigenvalue weighted by molar-refractivity contribution is -0.142. The van der Waals surface area contributed by atoms with Crippen molar-refractivity contribution in [3.05, 3.63) is 65.2 Å². The largest absolute Gasteiger partial charge is 0.484 e. The number of hydrogen-bond acceptors (Lipinski definition) is 4. The Balaban J connectivity index is 2.00. The highest BCUT2D eigenvalue weighted by Crippen LogP contribution is 2.15. The Hall–Kier alpha value is -2.57. The number of nitrogens with one attached hydrogen (secondary N) is 1. The number of rotatable bonds is 12. The van der Waals surface area contributed by atoms with Crippen LogP contribution in [0.15, 0.2) is 54.6 Å². The monoisotopic (exact) mass is 446 g/mol. The van der Waals surface area contributed by atoms with E-state index in [-0.39, 0.29) is 31.1 Å². The van der Waals surface area contributed by atoms with Crippen molar-refractivity contribution in [2.45, 2.75) is 45.9 Å². The van der Waals surface area contributed by atoms with Gasteiger partial charge in [-0.3, -0.25) is 9.59 Å². The molecule has 0 saturated carbocycles. The van der Waals surface area contributed by atoms with E-state index in [9.17, 15) is 9.59 Å². The zero-order chi connectivity index (χ0) is 22.6. The van der Waals surface area contributed by atoms with Crippen LogP contribution in [0.1, 0.15) is 32.8 Å². The number of para-hydroxylation sites is 1. The number of benzene rings is 2. The van der Waals surface area contributed by atoms with Crippen LogP contribution in [0.3, 0.4) is 0 Å². The summed E-state index contributed by atoms with van der Waals surface area (Å²) in [5, 5.41) is 3.50. The van der Waals surface area contributed by atoms with Gasteiger partial charge in [0, 0.05) is 24.7 Å². The van der Waals surface area contributed by atoms with E-state index in [0.717, 1.165) is 5.56 Å². The van der Waals surface area contributed by atoms with Gasteiger partial charge in [0.25, 0.3) is 5.91 Å². The third-order valence-electron chi connectivity index (χ3n) is 4.61. The molecular weight excluding hydrogens is 416 g/mol. The smallest absolute Gasteiger partial charge is 0.261 e. The Bertz CT molecular complexity index is 812. The summed E-state index contributed by atoms with van der Waals surface area (Å²) in [7, 11) is 0. The van der Waals surface area contributed by atoms with E-state index >= 15 is 0 Å². The zero-order valence-electron chi connectivity index (χ0n) is 18.3. The van der Waals surface area contributed by atoms with Crippen molar-refractivity contribution in [1.82, 2.24) is 10.2 Å². The molecule has 0 bridgehead atoms. The van der Waals surface area contributed by atoms with Gasteiger partial charge in [0.2, 0.25) is 5.91 Å². The van der Waals surface area contributed by atoms with Gasteiger partial charge in [-0.2, -0.15) is 0 Å². The van der Waals surface area contributed by atoms with Gasteiger partial charge in [0.15, 0.2) is 6.61 Å². The van der Waals surface area contributed by atoms with Crippen molar-refractivity contribution in [2.75, 3.05) is 19.8 Å². The molecule has 0 saturated heterocycles. The van der Waals surface area contributed by atoms with Crippen molar-refractivity contribution >= 4 is 23.4 Å². The fourth-order valence-electron chi connectivity index (χ4n) is 2.86. The third-order valence-corrected chi connectivity index (χ3v) is 4.86. The van der Waals surface area contributed by atoms with Crippen LogP contribution in [0.5, 0.6) is 5.75 Å². The van der Waals surface area contributed by atoms with E-state index in [0.29, 0.717) is 30.3 Å². The number of carbonyl (C=O) groups is 2. The molecule has 7 heteroatoms. The molecule has 2 aromatic rings. The van der Waals surface area contributed by atoms with Crippen molar-refractivity contribution in [2.24, 2.45) is 0 Å². The standard InChI is InChI=1S/C24H31ClN2O4/c1-18(2)30-15-7-14-26-24(29)19(3)27(16-20-10-12-21(25)13-11-20)23(28)17-31-22-8-5-4-6-9-22/h4-6,8-13,18-19H,7,14-17H2,1-3H3,(H,26,29). The number of nitrogens with zero attached hydrogens (tertiary/aromatic N) is 1. The summed E-state index contributed by atoms with van der Waals surface area (Å²) in [5.74, 6) is 0.112. The Morgan fingerprint density at radius 2 is 1.71 bits per heavy atom. The van der Waals surface area contributed by atoms with Crippen molar-refractivity contribution in [3.63, 3.8) is 0 Å². The molecule has 2 amide bonds. The van der Waals surface area contributed by atoms with E-state index in [1.165, 1.54) is 4.90 Å². The second-order valence-corrected chi connectivity index (χ2v) is 7.93. The van der Waals surface area contributed by atoms with Crippen LogP contribution in [0, 0.1) is 0 Å². The number of hydrogen-bond donors (Lipinski definition) is 1. The highest BCUT2D eigenvalue weighted by molar-refractivity contribution is 6.30. The lowest BCUT2D eigenvalue weighted by Crippen LogP contribution is -2.49. The fourth-order valence-corrected chi connectivity index (χ4v) is 2.99. The molecule has 1 unspecified atom stereocenters. The molecule has 168 valence electrons. The maximum atomic E-state index is 13.0. The molecule has 0 fully saturated rings. The predicted octanol–water partition coefficient (Wildman–Crippen LogP) is 4.07. The summed E-state index contributed by atoms with van der Waals surface area (Å²) in [6.07, 6.45) is 0.866. The Kier molecular flexibility index (Phi) is 10.3. The molecule has 0 radical (unpaired) electrons. The number of carbonyl (C=O) groups excluding carboxylic acids is 2. The molecule has 6 nitrogen and oxygen atoms in total. The second-order valence-electron chi connectivity index (χ2n) is 7.49. The predicted molar refractivity (Wildman–Crippen MR) is 122 cm³/mol. The molecule has 0 aliphatic carbocycles. The van der Waals surface area contributed by atoms with Crippen LogP contribution < -0.4 is 10.1 Å². The molecule has 1 atom stereocenters. The minimum absolute atomic E-state index is 0.155. The SMILES string of the molecule is CC(C)OCCCNC(=O)C(C)N(Cc1ccc(Cl)cc1)C(=O)COc1ccccc1. The highest BCUT2D eigenvalue weighted by Gasteiger charge is 2.26. The normalized spacial score (nSPS) is 11.8. The number of amides is 2. The lowest BCUT2D eigenvalue weighted by atomic mass is 10.1. The van der Waals surface area contributed by atoms with Crippen LogP contribution in [0.2, 0.25) is 5.02 Å². The van der Waals surface area contributed by atoms with E-state index in [1.807, 2.05) is 44.2 Å². The van der Waals surface area contributed by atoms with Gasteiger partial charge in [-0.15, -0.1) is 0 Å². The Labute approximate surface area is 189 Å². The first kappa shape index (κ1) is 24.7.